The molecule has 0 aliphatic rings. The molecule has 1 amide bonds. The monoisotopic (exact) mass is 444 g/mol. The Kier molecular flexibility index (Phi) is 7.29. The van der Waals surface area contributed by atoms with Crippen molar-refractivity contribution in [1.82, 2.24) is 0 Å². The maximum absolute atomic E-state index is 12.5. The lowest BCUT2D eigenvalue weighted by Gasteiger charge is -2.23. The second kappa shape index (κ2) is 9.27. The predicted octanol–water partition coefficient (Wildman–Crippen LogP) is 3.57. The lowest BCUT2D eigenvalue weighted by atomic mass is 10.2. The number of sulfonamides is 1. The Morgan fingerprint density at radius 3 is 2.43 bits per heavy atom. The number of halogens is 2. The van der Waals surface area contributed by atoms with E-state index >= 15 is 0 Å². The molecule has 2 aromatic rings. The van der Waals surface area contributed by atoms with E-state index in [1.807, 2.05) is 0 Å². The van der Waals surface area contributed by atoms with Crippen LogP contribution in [-0.2, 0) is 19.6 Å². The van der Waals surface area contributed by atoms with Crippen molar-refractivity contribution in [3.05, 3.63) is 58.1 Å². The van der Waals surface area contributed by atoms with Gasteiger partial charge in [0.25, 0.3) is 0 Å². The van der Waals surface area contributed by atoms with Gasteiger partial charge < -0.3 is 10.1 Å². The van der Waals surface area contributed by atoms with Crippen molar-refractivity contribution in [1.29, 1.82) is 0 Å². The summed E-state index contributed by atoms with van der Waals surface area (Å²) in [5.41, 5.74) is 0.483. The maximum atomic E-state index is 12.5. The number of ether oxygens (including phenoxy) is 1. The molecule has 28 heavy (non-hydrogen) atoms. The number of amides is 1. The minimum absolute atomic E-state index is 0.0812. The van der Waals surface area contributed by atoms with E-state index in [0.717, 1.165) is 10.6 Å². The molecule has 1 N–H and O–H groups in total. The molecule has 0 heterocycles. The average molecular weight is 445 g/mol. The third kappa shape index (κ3) is 5.60. The summed E-state index contributed by atoms with van der Waals surface area (Å²) in [7, 11) is -3.82. The Bertz CT molecular complexity index is 995. The summed E-state index contributed by atoms with van der Waals surface area (Å²) in [6.07, 6.45) is 0.956. The van der Waals surface area contributed by atoms with Crippen molar-refractivity contribution in [3.8, 4) is 0 Å². The van der Waals surface area contributed by atoms with E-state index in [0.29, 0.717) is 5.02 Å². The summed E-state index contributed by atoms with van der Waals surface area (Å²) in [6.45, 7) is 1.30. The van der Waals surface area contributed by atoms with E-state index < -0.39 is 28.4 Å². The first kappa shape index (κ1) is 22.0. The first-order valence-electron chi connectivity index (χ1n) is 8.12. The topological polar surface area (TPSA) is 92.8 Å². The molecule has 0 spiro atoms. The van der Waals surface area contributed by atoms with Gasteiger partial charge in [0.2, 0.25) is 15.9 Å². The van der Waals surface area contributed by atoms with Crippen LogP contribution in [0.4, 0.5) is 11.4 Å². The third-order valence-electron chi connectivity index (χ3n) is 3.56. The summed E-state index contributed by atoms with van der Waals surface area (Å²) in [4.78, 5) is 24.5. The number of carbonyl (C=O) groups excluding carboxylic acids is 2. The van der Waals surface area contributed by atoms with E-state index in [2.05, 4.69) is 5.32 Å². The van der Waals surface area contributed by atoms with Gasteiger partial charge in [-0.05, 0) is 37.3 Å². The van der Waals surface area contributed by atoms with E-state index in [1.54, 1.807) is 19.1 Å². The SMILES string of the molecule is CCOC(=O)c1ccccc1NC(=O)CN(c1ccc(Cl)cc1Cl)S(C)(=O)=O. The number of nitrogens with one attached hydrogen (secondary N) is 1. The fourth-order valence-electron chi connectivity index (χ4n) is 2.36. The molecule has 2 aromatic carbocycles. The van der Waals surface area contributed by atoms with Gasteiger partial charge >= 0.3 is 5.97 Å². The van der Waals surface area contributed by atoms with E-state index in [-0.39, 0.29) is 28.6 Å². The quantitative estimate of drug-likeness (QED) is 0.658. The van der Waals surface area contributed by atoms with Crippen LogP contribution in [0.5, 0.6) is 0 Å². The highest BCUT2D eigenvalue weighted by Crippen LogP contribution is 2.30. The van der Waals surface area contributed by atoms with Crippen molar-refractivity contribution >= 4 is 56.5 Å². The van der Waals surface area contributed by atoms with Crippen molar-refractivity contribution in [2.75, 3.05) is 29.0 Å². The summed E-state index contributed by atoms with van der Waals surface area (Å²) < 4.78 is 30.2. The number of hydrogen-bond donors (Lipinski definition) is 1. The van der Waals surface area contributed by atoms with E-state index in [9.17, 15) is 18.0 Å². The second-order valence-electron chi connectivity index (χ2n) is 5.68. The number of hydrogen-bond acceptors (Lipinski definition) is 5. The largest absolute Gasteiger partial charge is 0.462 e. The highest BCUT2D eigenvalue weighted by molar-refractivity contribution is 7.92. The number of carbonyl (C=O) groups is 2. The van der Waals surface area contributed by atoms with Crippen LogP contribution in [0.15, 0.2) is 42.5 Å². The molecule has 7 nitrogen and oxygen atoms in total. The zero-order valence-corrected chi connectivity index (χ0v) is 17.4. The summed E-state index contributed by atoms with van der Waals surface area (Å²) in [5.74, 6) is -1.26. The number of esters is 1. The number of benzene rings is 2. The van der Waals surface area contributed by atoms with Crippen LogP contribution in [0.2, 0.25) is 10.0 Å². The molecule has 0 atom stereocenters. The Morgan fingerprint density at radius 1 is 1.14 bits per heavy atom. The Morgan fingerprint density at radius 2 is 1.82 bits per heavy atom. The molecule has 0 aromatic heterocycles. The molecule has 0 fully saturated rings. The molecule has 10 heteroatoms. The smallest absolute Gasteiger partial charge is 0.340 e. The standard InChI is InChI=1S/C18H18Cl2N2O5S/c1-3-27-18(24)13-6-4-5-7-15(13)21-17(23)11-22(28(2,25)26)16-9-8-12(19)10-14(16)20/h4-10H,3,11H2,1-2H3,(H,21,23). The van der Waals surface area contributed by atoms with Gasteiger partial charge in [-0.2, -0.15) is 0 Å². The highest BCUT2D eigenvalue weighted by atomic mass is 35.5. The van der Waals surface area contributed by atoms with Gasteiger partial charge in [-0.25, -0.2) is 13.2 Å². The summed E-state index contributed by atoms with van der Waals surface area (Å²) >= 11 is 11.9. The third-order valence-corrected chi connectivity index (χ3v) is 5.23. The molecule has 0 radical (unpaired) electrons. The summed E-state index contributed by atoms with van der Waals surface area (Å²) in [6, 6.07) is 10.5. The first-order valence-corrected chi connectivity index (χ1v) is 10.7. The molecule has 0 unspecified atom stereocenters. The van der Waals surface area contributed by atoms with Crippen LogP contribution in [0.25, 0.3) is 0 Å². The molecule has 0 aliphatic carbocycles. The van der Waals surface area contributed by atoms with Crippen molar-refractivity contribution in [2.45, 2.75) is 6.92 Å². The van der Waals surface area contributed by atoms with Crippen molar-refractivity contribution in [2.24, 2.45) is 0 Å². The molecule has 0 bridgehead atoms. The lowest BCUT2D eigenvalue weighted by Crippen LogP contribution is -2.37. The Balaban J connectivity index is 2.28. The fourth-order valence-corrected chi connectivity index (χ4v) is 3.79. The van der Waals surface area contributed by atoms with Gasteiger partial charge in [-0.1, -0.05) is 35.3 Å². The van der Waals surface area contributed by atoms with Gasteiger partial charge in [-0.15, -0.1) is 0 Å². The molecular weight excluding hydrogens is 427 g/mol. The number of para-hydroxylation sites is 1. The molecule has 150 valence electrons. The molecule has 0 saturated heterocycles. The van der Waals surface area contributed by atoms with Crippen LogP contribution in [0.3, 0.4) is 0 Å². The van der Waals surface area contributed by atoms with Crippen molar-refractivity contribution < 1.29 is 22.7 Å². The van der Waals surface area contributed by atoms with Crippen LogP contribution < -0.4 is 9.62 Å². The minimum Gasteiger partial charge on any atom is -0.462 e. The van der Waals surface area contributed by atoms with Gasteiger partial charge in [0.05, 0.1) is 34.8 Å². The molecule has 2 rings (SSSR count). The van der Waals surface area contributed by atoms with E-state index in [4.69, 9.17) is 27.9 Å². The normalized spacial score (nSPS) is 11.0. The molecule has 0 aliphatic heterocycles. The minimum atomic E-state index is -3.82. The van der Waals surface area contributed by atoms with Gasteiger partial charge in [-0.3, -0.25) is 9.10 Å². The summed E-state index contributed by atoms with van der Waals surface area (Å²) in [5, 5.41) is 2.95. The Hall–Kier alpha value is -2.29. The maximum Gasteiger partial charge on any atom is 0.340 e. The fraction of sp³-hybridized carbons (Fsp3) is 0.222. The molecular formula is C18H18Cl2N2O5S. The van der Waals surface area contributed by atoms with Gasteiger partial charge in [0.1, 0.15) is 6.54 Å². The van der Waals surface area contributed by atoms with Gasteiger partial charge in [0, 0.05) is 5.02 Å². The van der Waals surface area contributed by atoms with E-state index in [1.165, 1.54) is 30.3 Å². The predicted molar refractivity (Wildman–Crippen MR) is 110 cm³/mol. The average Bonchev–Trinajstić information content (AvgIpc) is 2.60. The highest BCUT2D eigenvalue weighted by Gasteiger charge is 2.24. The number of nitrogens with zero attached hydrogens (tertiary/aromatic N) is 1. The van der Waals surface area contributed by atoms with Crippen LogP contribution >= 0.6 is 23.2 Å². The van der Waals surface area contributed by atoms with Crippen LogP contribution in [0, 0.1) is 0 Å². The van der Waals surface area contributed by atoms with Crippen LogP contribution in [-0.4, -0.2) is 39.7 Å². The van der Waals surface area contributed by atoms with Crippen LogP contribution in [0.1, 0.15) is 17.3 Å². The van der Waals surface area contributed by atoms with Crippen molar-refractivity contribution in [3.63, 3.8) is 0 Å². The van der Waals surface area contributed by atoms with Gasteiger partial charge in [0.15, 0.2) is 0 Å². The second-order valence-corrected chi connectivity index (χ2v) is 8.43. The Labute approximate surface area is 173 Å². The zero-order chi connectivity index (χ0) is 20.9. The first-order chi connectivity index (χ1) is 13.1. The number of rotatable bonds is 7. The zero-order valence-electron chi connectivity index (χ0n) is 15.1. The lowest BCUT2D eigenvalue weighted by molar-refractivity contribution is -0.114. The number of anilines is 2. The molecule has 0 saturated carbocycles.